The first-order chi connectivity index (χ1) is 8.84. The van der Waals surface area contributed by atoms with Gasteiger partial charge in [-0.1, -0.05) is 12.8 Å². The van der Waals surface area contributed by atoms with Crippen LogP contribution in [0.2, 0.25) is 0 Å². The Morgan fingerprint density at radius 2 is 1.89 bits per heavy atom. The molecular formula is C12H22N2O4S. The molecule has 0 radical (unpaired) electrons. The number of carboxylic acid groups (broad SMARTS) is 1. The molecule has 2 aliphatic rings. The molecule has 0 aromatic carbocycles. The third-order valence-corrected chi connectivity index (χ3v) is 5.94. The third kappa shape index (κ3) is 3.27. The molecule has 19 heavy (non-hydrogen) atoms. The van der Waals surface area contributed by atoms with Gasteiger partial charge in [-0.05, 0) is 39.0 Å². The molecule has 0 aromatic rings. The lowest BCUT2D eigenvalue weighted by Gasteiger charge is -2.35. The van der Waals surface area contributed by atoms with E-state index in [0.29, 0.717) is 13.0 Å². The van der Waals surface area contributed by atoms with Crippen LogP contribution >= 0.6 is 0 Å². The normalized spacial score (nSPS) is 28.4. The second kappa shape index (κ2) is 5.38. The Bertz CT molecular complexity index is 443. The molecule has 0 bridgehead atoms. The Kier molecular flexibility index (Phi) is 4.17. The zero-order chi connectivity index (χ0) is 14.1. The summed E-state index contributed by atoms with van der Waals surface area (Å²) >= 11 is 0. The molecule has 1 atom stereocenters. The van der Waals surface area contributed by atoms with Crippen LogP contribution in [0.3, 0.4) is 0 Å². The maximum Gasteiger partial charge on any atom is 0.322 e. The molecule has 0 aromatic heterocycles. The van der Waals surface area contributed by atoms with Gasteiger partial charge in [0.1, 0.15) is 6.04 Å². The van der Waals surface area contributed by atoms with Gasteiger partial charge in [-0.3, -0.25) is 4.79 Å². The third-order valence-electron chi connectivity index (χ3n) is 4.13. The molecule has 1 heterocycles. The highest BCUT2D eigenvalue weighted by Gasteiger charge is 2.41. The average Bonchev–Trinajstić information content (AvgIpc) is 2.74. The van der Waals surface area contributed by atoms with Crippen LogP contribution in [-0.2, 0) is 15.0 Å². The van der Waals surface area contributed by atoms with E-state index in [0.717, 1.165) is 42.8 Å². The second-order valence-electron chi connectivity index (χ2n) is 5.84. The topological polar surface area (TPSA) is 86.7 Å². The van der Waals surface area contributed by atoms with Gasteiger partial charge in [0.15, 0.2) is 0 Å². The van der Waals surface area contributed by atoms with Crippen LogP contribution in [0.1, 0.15) is 51.9 Å². The highest BCUT2D eigenvalue weighted by molar-refractivity contribution is 7.87. The summed E-state index contributed by atoms with van der Waals surface area (Å²) in [5.74, 6) is -1.05. The first-order valence-electron chi connectivity index (χ1n) is 6.88. The highest BCUT2D eigenvalue weighted by Crippen LogP contribution is 2.31. The number of rotatable bonds is 4. The van der Waals surface area contributed by atoms with Crippen LogP contribution in [0.4, 0.5) is 0 Å². The van der Waals surface area contributed by atoms with Crippen LogP contribution in [0.5, 0.6) is 0 Å². The molecule has 0 spiro atoms. The summed E-state index contributed by atoms with van der Waals surface area (Å²) in [6.07, 6.45) is 5.55. The van der Waals surface area contributed by atoms with Crippen molar-refractivity contribution in [3.63, 3.8) is 0 Å². The lowest BCUT2D eigenvalue weighted by atomic mass is 10.0. The molecule has 1 saturated heterocycles. The summed E-state index contributed by atoms with van der Waals surface area (Å²) in [6.45, 7) is 2.19. The molecule has 1 saturated carbocycles. The Labute approximate surface area is 114 Å². The molecular weight excluding hydrogens is 268 g/mol. The minimum atomic E-state index is -3.72. The smallest absolute Gasteiger partial charge is 0.322 e. The van der Waals surface area contributed by atoms with E-state index in [9.17, 15) is 13.2 Å². The molecule has 1 aliphatic heterocycles. The van der Waals surface area contributed by atoms with Crippen LogP contribution in [0, 0.1) is 0 Å². The standard InChI is InChI=1S/C12H22N2O4S/c1-12(7-3-4-8-12)13-19(17,18)14-9-5-2-6-10(14)11(15)16/h10,13H,2-9H2,1H3,(H,15,16). The largest absolute Gasteiger partial charge is 0.480 e. The SMILES string of the molecule is CC1(NS(=O)(=O)N2CCCCC2C(=O)O)CCCC1. The number of carboxylic acids is 1. The van der Waals surface area contributed by atoms with Gasteiger partial charge in [0, 0.05) is 12.1 Å². The summed E-state index contributed by atoms with van der Waals surface area (Å²) in [7, 11) is -3.72. The van der Waals surface area contributed by atoms with Gasteiger partial charge in [-0.25, -0.2) is 0 Å². The van der Waals surface area contributed by atoms with Crippen LogP contribution in [0.15, 0.2) is 0 Å². The summed E-state index contributed by atoms with van der Waals surface area (Å²) in [5.41, 5.74) is -0.417. The fourth-order valence-corrected chi connectivity index (χ4v) is 4.91. The van der Waals surface area contributed by atoms with Crippen molar-refractivity contribution < 1.29 is 18.3 Å². The predicted molar refractivity (Wildman–Crippen MR) is 70.9 cm³/mol. The van der Waals surface area contributed by atoms with Crippen LogP contribution in [0.25, 0.3) is 0 Å². The van der Waals surface area contributed by atoms with E-state index < -0.39 is 27.8 Å². The molecule has 7 heteroatoms. The van der Waals surface area contributed by atoms with E-state index in [1.165, 1.54) is 0 Å². The predicted octanol–water partition coefficient (Wildman–Crippen LogP) is 1.09. The lowest BCUT2D eigenvalue weighted by molar-refractivity contribution is -0.142. The van der Waals surface area contributed by atoms with Gasteiger partial charge in [0.05, 0.1) is 0 Å². The number of aliphatic carboxylic acids is 1. The van der Waals surface area contributed by atoms with Crippen LogP contribution < -0.4 is 4.72 Å². The van der Waals surface area contributed by atoms with E-state index >= 15 is 0 Å². The molecule has 2 N–H and O–H groups in total. The Morgan fingerprint density at radius 1 is 1.26 bits per heavy atom. The van der Waals surface area contributed by atoms with Crippen molar-refractivity contribution in [3.8, 4) is 0 Å². The molecule has 6 nitrogen and oxygen atoms in total. The van der Waals surface area contributed by atoms with Crippen molar-refractivity contribution in [3.05, 3.63) is 0 Å². The second-order valence-corrected chi connectivity index (χ2v) is 7.46. The van der Waals surface area contributed by atoms with Gasteiger partial charge in [0.25, 0.3) is 10.2 Å². The van der Waals surface area contributed by atoms with Crippen molar-refractivity contribution in [2.45, 2.75) is 63.5 Å². The zero-order valence-corrected chi connectivity index (χ0v) is 12.1. The highest BCUT2D eigenvalue weighted by atomic mass is 32.2. The van der Waals surface area contributed by atoms with Crippen molar-refractivity contribution in [2.75, 3.05) is 6.54 Å². The first kappa shape index (κ1) is 14.7. The number of nitrogens with zero attached hydrogens (tertiary/aromatic N) is 1. The van der Waals surface area contributed by atoms with Crippen LogP contribution in [-0.4, -0.2) is 41.9 Å². The van der Waals surface area contributed by atoms with E-state index in [1.807, 2.05) is 6.92 Å². The fourth-order valence-electron chi connectivity index (χ4n) is 3.07. The van der Waals surface area contributed by atoms with Crippen molar-refractivity contribution in [1.29, 1.82) is 0 Å². The summed E-state index contributed by atoms with van der Waals surface area (Å²) in [4.78, 5) is 11.2. The molecule has 0 amide bonds. The average molecular weight is 290 g/mol. The Balaban J connectivity index is 2.15. The van der Waals surface area contributed by atoms with E-state index in [2.05, 4.69) is 4.72 Å². The lowest BCUT2D eigenvalue weighted by Crippen LogP contribution is -2.56. The van der Waals surface area contributed by atoms with Gasteiger partial charge < -0.3 is 5.11 Å². The van der Waals surface area contributed by atoms with Gasteiger partial charge in [-0.15, -0.1) is 0 Å². The van der Waals surface area contributed by atoms with Crippen molar-refractivity contribution >= 4 is 16.2 Å². The molecule has 2 fully saturated rings. The number of hydrogen-bond acceptors (Lipinski definition) is 3. The zero-order valence-electron chi connectivity index (χ0n) is 11.3. The Hall–Kier alpha value is -0.660. The number of nitrogens with one attached hydrogen (secondary N) is 1. The summed E-state index contributed by atoms with van der Waals surface area (Å²) in [6, 6.07) is -0.920. The van der Waals surface area contributed by atoms with E-state index in [-0.39, 0.29) is 0 Å². The minimum absolute atomic E-state index is 0.294. The maximum atomic E-state index is 12.4. The van der Waals surface area contributed by atoms with E-state index in [4.69, 9.17) is 5.11 Å². The molecule has 110 valence electrons. The van der Waals surface area contributed by atoms with E-state index in [1.54, 1.807) is 0 Å². The molecule has 1 unspecified atom stereocenters. The quantitative estimate of drug-likeness (QED) is 0.811. The first-order valence-corrected chi connectivity index (χ1v) is 8.32. The maximum absolute atomic E-state index is 12.4. The summed E-state index contributed by atoms with van der Waals surface area (Å²) < 4.78 is 28.7. The van der Waals surface area contributed by atoms with Gasteiger partial charge >= 0.3 is 5.97 Å². The Morgan fingerprint density at radius 3 is 2.47 bits per heavy atom. The minimum Gasteiger partial charge on any atom is -0.480 e. The fraction of sp³-hybridized carbons (Fsp3) is 0.917. The number of piperidine rings is 1. The number of carbonyl (C=O) groups is 1. The van der Waals surface area contributed by atoms with Crippen molar-refractivity contribution in [1.82, 2.24) is 9.03 Å². The molecule has 2 rings (SSSR count). The van der Waals surface area contributed by atoms with Gasteiger partial charge in [-0.2, -0.15) is 17.4 Å². The monoisotopic (exact) mass is 290 g/mol. The number of hydrogen-bond donors (Lipinski definition) is 2. The van der Waals surface area contributed by atoms with Crippen molar-refractivity contribution in [2.24, 2.45) is 0 Å². The molecule has 1 aliphatic carbocycles. The summed E-state index contributed by atoms with van der Waals surface area (Å²) in [5, 5.41) is 9.16. The van der Waals surface area contributed by atoms with Gasteiger partial charge in [0.2, 0.25) is 0 Å².